The van der Waals surface area contributed by atoms with Crippen LogP contribution in [0.2, 0.25) is 10.0 Å². The highest BCUT2D eigenvalue weighted by Crippen LogP contribution is 2.29. The van der Waals surface area contributed by atoms with Crippen LogP contribution in [-0.2, 0) is 4.74 Å². The second-order valence-electron chi connectivity index (χ2n) is 4.98. The number of carbonyl (C=O) groups is 1. The number of halogens is 2. The molecular formula is C17H18Cl2O2. The summed E-state index contributed by atoms with van der Waals surface area (Å²) in [6.07, 6.45) is 4.27. The van der Waals surface area contributed by atoms with Gasteiger partial charge in [0.2, 0.25) is 0 Å². The normalized spacial score (nSPS) is 10.8. The van der Waals surface area contributed by atoms with Crippen LogP contribution in [0.3, 0.4) is 0 Å². The molecule has 0 aliphatic heterocycles. The van der Waals surface area contributed by atoms with Gasteiger partial charge in [0.15, 0.2) is 0 Å². The van der Waals surface area contributed by atoms with Crippen molar-refractivity contribution in [2.45, 2.75) is 32.6 Å². The fourth-order valence-electron chi connectivity index (χ4n) is 2.25. The number of benzene rings is 2. The Hall–Kier alpha value is -1.25. The number of fused-ring (bicyclic) bond motifs is 1. The molecule has 0 saturated heterocycles. The van der Waals surface area contributed by atoms with E-state index in [0.717, 1.165) is 36.5 Å². The lowest BCUT2D eigenvalue weighted by atomic mass is 10.0. The summed E-state index contributed by atoms with van der Waals surface area (Å²) in [5.41, 5.74) is 0.418. The molecule has 2 rings (SSSR count). The number of ether oxygens (including phenoxy) is 1. The average Bonchev–Trinajstić information content (AvgIpc) is 2.47. The number of hydrogen-bond acceptors (Lipinski definition) is 2. The summed E-state index contributed by atoms with van der Waals surface area (Å²) in [7, 11) is 0. The first-order chi connectivity index (χ1) is 10.1. The molecule has 2 nitrogen and oxygen atoms in total. The molecule has 0 spiro atoms. The van der Waals surface area contributed by atoms with E-state index < -0.39 is 0 Å². The molecule has 0 bridgehead atoms. The van der Waals surface area contributed by atoms with E-state index in [0.29, 0.717) is 22.2 Å². The van der Waals surface area contributed by atoms with Gasteiger partial charge in [-0.2, -0.15) is 0 Å². The molecule has 0 aromatic heterocycles. The van der Waals surface area contributed by atoms with Crippen LogP contribution in [-0.4, -0.2) is 12.6 Å². The van der Waals surface area contributed by atoms with Crippen molar-refractivity contribution in [2.24, 2.45) is 0 Å². The first-order valence-corrected chi connectivity index (χ1v) is 7.94. The van der Waals surface area contributed by atoms with Gasteiger partial charge in [0.25, 0.3) is 0 Å². The molecule has 4 heteroatoms. The zero-order valence-electron chi connectivity index (χ0n) is 12.0. The second kappa shape index (κ2) is 7.67. The molecule has 2 aromatic rings. The molecule has 0 radical (unpaired) electrons. The van der Waals surface area contributed by atoms with E-state index in [-0.39, 0.29) is 5.97 Å². The summed E-state index contributed by atoms with van der Waals surface area (Å²) in [5, 5.41) is 2.68. The SMILES string of the molecule is CCCCCCOC(=O)c1c(Cl)ccc2cc(Cl)ccc12. The predicted octanol–water partition coefficient (Wildman–Crippen LogP) is 5.88. The fourth-order valence-corrected chi connectivity index (χ4v) is 2.67. The largest absolute Gasteiger partial charge is 0.462 e. The second-order valence-corrected chi connectivity index (χ2v) is 5.83. The first kappa shape index (κ1) is 16.1. The molecule has 0 fully saturated rings. The third kappa shape index (κ3) is 4.12. The van der Waals surface area contributed by atoms with Crippen molar-refractivity contribution in [3.8, 4) is 0 Å². The molecule has 21 heavy (non-hydrogen) atoms. The minimum Gasteiger partial charge on any atom is -0.462 e. The Morgan fingerprint density at radius 2 is 1.90 bits per heavy atom. The van der Waals surface area contributed by atoms with E-state index in [1.807, 2.05) is 12.1 Å². The highest BCUT2D eigenvalue weighted by atomic mass is 35.5. The molecule has 0 heterocycles. The predicted molar refractivity (Wildman–Crippen MR) is 88.4 cm³/mol. The molecule has 0 N–H and O–H groups in total. The minimum absolute atomic E-state index is 0.371. The molecule has 0 unspecified atom stereocenters. The first-order valence-electron chi connectivity index (χ1n) is 7.18. The van der Waals surface area contributed by atoms with Crippen LogP contribution >= 0.6 is 23.2 Å². The maximum atomic E-state index is 12.3. The van der Waals surface area contributed by atoms with E-state index in [1.165, 1.54) is 0 Å². The van der Waals surface area contributed by atoms with Crippen molar-refractivity contribution in [3.05, 3.63) is 45.9 Å². The van der Waals surface area contributed by atoms with Crippen molar-refractivity contribution in [1.29, 1.82) is 0 Å². The van der Waals surface area contributed by atoms with Crippen LogP contribution in [0.5, 0.6) is 0 Å². The van der Waals surface area contributed by atoms with Gasteiger partial charge < -0.3 is 4.74 Å². The summed E-state index contributed by atoms with van der Waals surface area (Å²) in [4.78, 5) is 12.3. The van der Waals surface area contributed by atoms with Crippen molar-refractivity contribution < 1.29 is 9.53 Å². The van der Waals surface area contributed by atoms with E-state index in [1.54, 1.807) is 18.2 Å². The Bertz CT molecular complexity index is 638. The molecule has 0 aliphatic carbocycles. The fraction of sp³-hybridized carbons (Fsp3) is 0.353. The molecule has 0 atom stereocenters. The molecule has 0 aliphatic rings. The molecule has 112 valence electrons. The molecule has 2 aromatic carbocycles. The van der Waals surface area contributed by atoms with Gasteiger partial charge in [-0.25, -0.2) is 4.79 Å². The van der Waals surface area contributed by atoms with Crippen molar-refractivity contribution in [2.75, 3.05) is 6.61 Å². The molecule has 0 saturated carbocycles. The van der Waals surface area contributed by atoms with Crippen LogP contribution in [0.15, 0.2) is 30.3 Å². The van der Waals surface area contributed by atoms with Gasteiger partial charge >= 0.3 is 5.97 Å². The highest BCUT2D eigenvalue weighted by molar-refractivity contribution is 6.36. The van der Waals surface area contributed by atoms with Gasteiger partial charge in [-0.15, -0.1) is 0 Å². The quantitative estimate of drug-likeness (QED) is 0.489. The van der Waals surface area contributed by atoms with Gasteiger partial charge in [-0.1, -0.05) is 61.5 Å². The van der Waals surface area contributed by atoms with Crippen molar-refractivity contribution in [1.82, 2.24) is 0 Å². The van der Waals surface area contributed by atoms with E-state index in [2.05, 4.69) is 6.92 Å². The van der Waals surface area contributed by atoms with Crippen LogP contribution in [0, 0.1) is 0 Å². The maximum Gasteiger partial charge on any atom is 0.340 e. The Balaban J connectivity index is 2.16. The summed E-state index contributed by atoms with van der Waals surface area (Å²) < 4.78 is 5.34. The Kier molecular flexibility index (Phi) is 5.89. The summed E-state index contributed by atoms with van der Waals surface area (Å²) >= 11 is 12.1. The van der Waals surface area contributed by atoms with Crippen LogP contribution in [0.1, 0.15) is 43.0 Å². The lowest BCUT2D eigenvalue weighted by molar-refractivity contribution is 0.0500. The standard InChI is InChI=1S/C17H18Cl2O2/c1-2-3-4-5-10-21-17(20)16-14-8-7-13(18)11-12(14)6-9-15(16)19/h6-9,11H,2-5,10H2,1H3. The lowest BCUT2D eigenvalue weighted by Crippen LogP contribution is -2.08. The van der Waals surface area contributed by atoms with E-state index in [4.69, 9.17) is 27.9 Å². The van der Waals surface area contributed by atoms with Gasteiger partial charge in [-0.3, -0.25) is 0 Å². The number of hydrogen-bond donors (Lipinski definition) is 0. The zero-order chi connectivity index (χ0) is 15.2. The number of carbonyl (C=O) groups excluding carboxylic acids is 1. The third-order valence-corrected chi connectivity index (χ3v) is 3.92. The highest BCUT2D eigenvalue weighted by Gasteiger charge is 2.16. The Labute approximate surface area is 135 Å². The van der Waals surface area contributed by atoms with Crippen LogP contribution < -0.4 is 0 Å². The van der Waals surface area contributed by atoms with E-state index >= 15 is 0 Å². The van der Waals surface area contributed by atoms with Gasteiger partial charge in [-0.05, 0) is 35.4 Å². The van der Waals surface area contributed by atoms with Gasteiger partial charge in [0.05, 0.1) is 17.2 Å². The van der Waals surface area contributed by atoms with Crippen molar-refractivity contribution in [3.63, 3.8) is 0 Å². The lowest BCUT2D eigenvalue weighted by Gasteiger charge is -2.09. The minimum atomic E-state index is -0.371. The molecular weight excluding hydrogens is 307 g/mol. The Morgan fingerprint density at radius 3 is 2.67 bits per heavy atom. The van der Waals surface area contributed by atoms with Gasteiger partial charge in [0.1, 0.15) is 0 Å². The summed E-state index contributed by atoms with van der Waals surface area (Å²) in [5.74, 6) is -0.371. The number of unbranched alkanes of at least 4 members (excludes halogenated alkanes) is 3. The summed E-state index contributed by atoms with van der Waals surface area (Å²) in [6, 6.07) is 8.91. The maximum absolute atomic E-state index is 12.3. The van der Waals surface area contributed by atoms with Gasteiger partial charge in [0, 0.05) is 5.02 Å². The topological polar surface area (TPSA) is 26.3 Å². The zero-order valence-corrected chi connectivity index (χ0v) is 13.5. The van der Waals surface area contributed by atoms with Crippen LogP contribution in [0.25, 0.3) is 10.8 Å². The average molecular weight is 325 g/mol. The number of esters is 1. The van der Waals surface area contributed by atoms with E-state index in [9.17, 15) is 4.79 Å². The Morgan fingerprint density at radius 1 is 1.10 bits per heavy atom. The number of rotatable bonds is 6. The van der Waals surface area contributed by atoms with Crippen LogP contribution in [0.4, 0.5) is 0 Å². The summed E-state index contributed by atoms with van der Waals surface area (Å²) in [6.45, 7) is 2.58. The molecule has 0 amide bonds. The third-order valence-electron chi connectivity index (χ3n) is 3.37. The smallest absolute Gasteiger partial charge is 0.340 e. The monoisotopic (exact) mass is 324 g/mol. The van der Waals surface area contributed by atoms with Crippen molar-refractivity contribution >= 4 is 39.9 Å².